The van der Waals surface area contributed by atoms with Crippen LogP contribution in [-0.4, -0.2) is 20.0 Å². The standard InChI is InChI=1S/C26H22O5/c1-17-4-13-22-23(14-17)31-25(16-19-7-11-21(29-3)12-8-19)26(27)24(30-22)15-18-5-9-20(28-2)10-6-18/h4-16H,1-3H3/b24-15-,25-16-. The first-order valence-corrected chi connectivity index (χ1v) is 9.78. The molecule has 0 saturated carbocycles. The average Bonchev–Trinajstić information content (AvgIpc) is 2.91. The predicted octanol–water partition coefficient (Wildman–Crippen LogP) is 5.43. The number of ether oxygens (including phenoxy) is 4. The molecule has 1 heterocycles. The van der Waals surface area contributed by atoms with Crippen molar-refractivity contribution in [3.63, 3.8) is 0 Å². The molecule has 0 atom stereocenters. The molecule has 0 saturated heterocycles. The summed E-state index contributed by atoms with van der Waals surface area (Å²) in [5, 5.41) is 0. The van der Waals surface area contributed by atoms with Crippen LogP contribution in [0, 0.1) is 6.92 Å². The van der Waals surface area contributed by atoms with Gasteiger partial charge < -0.3 is 18.9 Å². The molecule has 4 rings (SSSR count). The number of ketones is 1. The number of rotatable bonds is 4. The van der Waals surface area contributed by atoms with E-state index < -0.39 is 0 Å². The Labute approximate surface area is 181 Å². The van der Waals surface area contributed by atoms with Crippen molar-refractivity contribution in [2.24, 2.45) is 0 Å². The number of hydrogen-bond acceptors (Lipinski definition) is 5. The number of fused-ring (bicyclic) bond motifs is 1. The van der Waals surface area contributed by atoms with E-state index in [1.807, 2.05) is 67.6 Å². The molecule has 0 radical (unpaired) electrons. The lowest BCUT2D eigenvalue weighted by atomic mass is 10.1. The SMILES string of the molecule is COc1ccc(/C=C2\Oc3ccc(C)cc3O/C(=C\c3ccc(OC)cc3)C2=O)cc1. The molecule has 5 nitrogen and oxygen atoms in total. The molecular formula is C26H22O5. The van der Waals surface area contributed by atoms with E-state index in [0.717, 1.165) is 28.2 Å². The van der Waals surface area contributed by atoms with Crippen LogP contribution in [0.25, 0.3) is 12.2 Å². The van der Waals surface area contributed by atoms with E-state index in [4.69, 9.17) is 18.9 Å². The zero-order chi connectivity index (χ0) is 21.8. The number of carbonyl (C=O) groups is 1. The Hall–Kier alpha value is -3.99. The quantitative estimate of drug-likeness (QED) is 0.533. The first-order chi connectivity index (χ1) is 15.1. The van der Waals surface area contributed by atoms with Crippen molar-refractivity contribution >= 4 is 17.9 Å². The first kappa shape index (κ1) is 20.3. The Morgan fingerprint density at radius 1 is 0.677 bits per heavy atom. The lowest BCUT2D eigenvalue weighted by Crippen LogP contribution is -2.12. The van der Waals surface area contributed by atoms with Crippen molar-refractivity contribution in [1.82, 2.24) is 0 Å². The van der Waals surface area contributed by atoms with Crippen molar-refractivity contribution in [3.8, 4) is 23.0 Å². The van der Waals surface area contributed by atoms with Crippen molar-refractivity contribution < 1.29 is 23.7 Å². The molecule has 0 aromatic heterocycles. The van der Waals surface area contributed by atoms with Crippen LogP contribution in [0.2, 0.25) is 0 Å². The highest BCUT2D eigenvalue weighted by molar-refractivity contribution is 6.11. The molecule has 0 amide bonds. The molecule has 3 aromatic rings. The second-order valence-corrected chi connectivity index (χ2v) is 7.05. The van der Waals surface area contributed by atoms with Gasteiger partial charge in [0.25, 0.3) is 5.78 Å². The summed E-state index contributed by atoms with van der Waals surface area (Å²) in [6.07, 6.45) is 3.40. The third-order valence-electron chi connectivity index (χ3n) is 4.81. The molecule has 156 valence electrons. The van der Waals surface area contributed by atoms with Crippen molar-refractivity contribution in [2.45, 2.75) is 6.92 Å². The zero-order valence-electron chi connectivity index (χ0n) is 17.5. The van der Waals surface area contributed by atoms with Crippen LogP contribution in [0.15, 0.2) is 78.2 Å². The summed E-state index contributed by atoms with van der Waals surface area (Å²) in [7, 11) is 3.22. The van der Waals surface area contributed by atoms with Gasteiger partial charge in [0.1, 0.15) is 11.5 Å². The van der Waals surface area contributed by atoms with E-state index >= 15 is 0 Å². The third-order valence-corrected chi connectivity index (χ3v) is 4.81. The van der Waals surface area contributed by atoms with Gasteiger partial charge in [0.2, 0.25) is 0 Å². The largest absolute Gasteiger partial charge is 0.497 e. The molecule has 1 aliphatic heterocycles. The molecule has 0 aliphatic carbocycles. The lowest BCUT2D eigenvalue weighted by molar-refractivity contribution is -0.115. The minimum absolute atomic E-state index is 0.174. The van der Waals surface area contributed by atoms with Gasteiger partial charge >= 0.3 is 0 Å². The predicted molar refractivity (Wildman–Crippen MR) is 119 cm³/mol. The number of Topliss-reactive ketones (excluding diaryl/α,β-unsaturated/α-hetero) is 1. The summed E-state index contributed by atoms with van der Waals surface area (Å²) in [4.78, 5) is 13.3. The fraction of sp³-hybridized carbons (Fsp3) is 0.115. The van der Waals surface area contributed by atoms with Gasteiger partial charge in [0, 0.05) is 0 Å². The minimum Gasteiger partial charge on any atom is -0.497 e. The van der Waals surface area contributed by atoms with Crippen LogP contribution in [0.4, 0.5) is 0 Å². The summed E-state index contributed by atoms with van der Waals surface area (Å²) in [6.45, 7) is 1.96. The number of aryl methyl sites for hydroxylation is 1. The van der Waals surface area contributed by atoms with Gasteiger partial charge in [-0.05, 0) is 72.2 Å². The summed E-state index contributed by atoms with van der Waals surface area (Å²) in [5.41, 5.74) is 2.62. The van der Waals surface area contributed by atoms with E-state index in [0.29, 0.717) is 11.5 Å². The van der Waals surface area contributed by atoms with Crippen LogP contribution >= 0.6 is 0 Å². The highest BCUT2D eigenvalue weighted by atomic mass is 16.5. The van der Waals surface area contributed by atoms with E-state index in [9.17, 15) is 4.79 Å². The minimum atomic E-state index is -0.347. The molecular weight excluding hydrogens is 392 g/mol. The molecule has 1 aliphatic rings. The van der Waals surface area contributed by atoms with Crippen LogP contribution in [0.3, 0.4) is 0 Å². The van der Waals surface area contributed by atoms with Gasteiger partial charge in [0.05, 0.1) is 14.2 Å². The van der Waals surface area contributed by atoms with E-state index in [2.05, 4.69) is 0 Å². The Balaban J connectivity index is 1.77. The monoisotopic (exact) mass is 414 g/mol. The molecule has 31 heavy (non-hydrogen) atoms. The van der Waals surface area contributed by atoms with Gasteiger partial charge in [-0.1, -0.05) is 30.3 Å². The molecule has 3 aromatic carbocycles. The maximum absolute atomic E-state index is 13.3. The molecule has 0 N–H and O–H groups in total. The van der Waals surface area contributed by atoms with Crippen LogP contribution in [-0.2, 0) is 4.79 Å². The number of benzene rings is 3. The third kappa shape index (κ3) is 4.61. The second kappa shape index (κ2) is 8.79. The fourth-order valence-corrected chi connectivity index (χ4v) is 3.12. The average molecular weight is 414 g/mol. The van der Waals surface area contributed by atoms with Gasteiger partial charge in [-0.25, -0.2) is 0 Å². The zero-order valence-corrected chi connectivity index (χ0v) is 17.5. The van der Waals surface area contributed by atoms with Gasteiger partial charge in [-0.3, -0.25) is 4.79 Å². The molecule has 0 spiro atoms. The fourth-order valence-electron chi connectivity index (χ4n) is 3.12. The molecule has 0 unspecified atom stereocenters. The Morgan fingerprint density at radius 3 is 1.65 bits per heavy atom. The second-order valence-electron chi connectivity index (χ2n) is 7.05. The lowest BCUT2D eigenvalue weighted by Gasteiger charge is -2.07. The Morgan fingerprint density at radius 2 is 1.16 bits per heavy atom. The Bertz CT molecular complexity index is 1160. The summed E-state index contributed by atoms with van der Waals surface area (Å²) < 4.78 is 22.4. The van der Waals surface area contributed by atoms with E-state index in [1.54, 1.807) is 32.4 Å². The van der Waals surface area contributed by atoms with Gasteiger partial charge in [-0.15, -0.1) is 0 Å². The van der Waals surface area contributed by atoms with Crippen molar-refractivity contribution in [3.05, 3.63) is 94.9 Å². The molecule has 0 fully saturated rings. The highest BCUT2D eigenvalue weighted by Crippen LogP contribution is 2.36. The van der Waals surface area contributed by atoms with Gasteiger partial charge in [0.15, 0.2) is 23.0 Å². The van der Waals surface area contributed by atoms with E-state index in [-0.39, 0.29) is 17.3 Å². The summed E-state index contributed by atoms with van der Waals surface area (Å²) >= 11 is 0. The highest BCUT2D eigenvalue weighted by Gasteiger charge is 2.26. The maximum Gasteiger partial charge on any atom is 0.263 e. The summed E-state index contributed by atoms with van der Waals surface area (Å²) in [6, 6.07) is 20.3. The van der Waals surface area contributed by atoms with E-state index in [1.165, 1.54) is 0 Å². The van der Waals surface area contributed by atoms with Crippen LogP contribution in [0.5, 0.6) is 23.0 Å². The van der Waals surface area contributed by atoms with Gasteiger partial charge in [-0.2, -0.15) is 0 Å². The normalized spacial score (nSPS) is 15.6. The van der Waals surface area contributed by atoms with Crippen molar-refractivity contribution in [1.29, 1.82) is 0 Å². The maximum atomic E-state index is 13.3. The number of carbonyl (C=O) groups excluding carboxylic acids is 1. The smallest absolute Gasteiger partial charge is 0.263 e. The van der Waals surface area contributed by atoms with Crippen LogP contribution in [0.1, 0.15) is 16.7 Å². The van der Waals surface area contributed by atoms with Crippen LogP contribution < -0.4 is 18.9 Å². The number of hydrogen-bond donors (Lipinski definition) is 0. The summed E-state index contributed by atoms with van der Waals surface area (Å²) in [5.74, 6) is 2.45. The first-order valence-electron chi connectivity index (χ1n) is 9.78. The molecule has 5 heteroatoms. The molecule has 0 bridgehead atoms. The van der Waals surface area contributed by atoms with Crippen molar-refractivity contribution in [2.75, 3.05) is 14.2 Å². The Kier molecular flexibility index (Phi) is 5.76. The number of methoxy groups -OCH3 is 2. The topological polar surface area (TPSA) is 54.0 Å².